The molecule has 2 aromatic carbocycles. The molecule has 0 unspecified atom stereocenters. The lowest BCUT2D eigenvalue weighted by molar-refractivity contribution is 0.530. The van der Waals surface area contributed by atoms with Crippen molar-refractivity contribution in [3.63, 3.8) is 0 Å². The van der Waals surface area contributed by atoms with E-state index in [-0.39, 0.29) is 0 Å². The van der Waals surface area contributed by atoms with E-state index in [0.717, 1.165) is 19.0 Å². The fraction of sp³-hybridized carbons (Fsp3) is 0.474. The molecular weight excluding hydrogens is 322 g/mol. The average molecular weight is 348 g/mol. The summed E-state index contributed by atoms with van der Waals surface area (Å²) in [5.74, 6) is 0.749. The van der Waals surface area contributed by atoms with Crippen molar-refractivity contribution >= 4 is 26.7 Å². The normalized spacial score (nSPS) is 11.4. The highest BCUT2D eigenvalue weighted by atomic mass is 79.9. The maximum Gasteiger partial charge on any atom is 0.0253 e. The van der Waals surface area contributed by atoms with Crippen molar-refractivity contribution in [2.24, 2.45) is 5.92 Å². The van der Waals surface area contributed by atoms with Crippen molar-refractivity contribution in [1.82, 2.24) is 5.32 Å². The maximum atomic E-state index is 3.64. The Hall–Kier alpha value is -0.860. The van der Waals surface area contributed by atoms with Gasteiger partial charge >= 0.3 is 0 Å². The molecule has 0 saturated heterocycles. The van der Waals surface area contributed by atoms with E-state index in [1.807, 2.05) is 0 Å². The summed E-state index contributed by atoms with van der Waals surface area (Å²) in [4.78, 5) is 0. The van der Waals surface area contributed by atoms with Gasteiger partial charge < -0.3 is 5.32 Å². The molecule has 0 amide bonds. The molecule has 0 aliphatic rings. The van der Waals surface area contributed by atoms with Crippen molar-refractivity contribution in [2.75, 3.05) is 13.1 Å². The molecule has 0 aromatic heterocycles. The number of unbranched alkanes of at least 4 members (excludes halogenated alkanes) is 2. The molecule has 0 atom stereocenters. The quantitative estimate of drug-likeness (QED) is 0.616. The van der Waals surface area contributed by atoms with Crippen LogP contribution in [0.3, 0.4) is 0 Å². The zero-order valence-electron chi connectivity index (χ0n) is 13.2. The Morgan fingerprint density at radius 2 is 1.71 bits per heavy atom. The lowest BCUT2D eigenvalue weighted by Crippen LogP contribution is -2.20. The predicted octanol–water partition coefficient (Wildman–Crippen LogP) is 5.56. The van der Waals surface area contributed by atoms with Gasteiger partial charge in [-0.25, -0.2) is 0 Å². The minimum absolute atomic E-state index is 0.749. The van der Waals surface area contributed by atoms with E-state index in [2.05, 4.69) is 71.5 Å². The van der Waals surface area contributed by atoms with Crippen LogP contribution in [0.15, 0.2) is 40.9 Å². The van der Waals surface area contributed by atoms with Gasteiger partial charge in [-0.3, -0.25) is 0 Å². The van der Waals surface area contributed by atoms with Gasteiger partial charge in [0.15, 0.2) is 0 Å². The number of hydrogen-bond acceptors (Lipinski definition) is 1. The van der Waals surface area contributed by atoms with Crippen molar-refractivity contribution in [2.45, 2.75) is 39.5 Å². The number of rotatable bonds is 8. The fourth-order valence-corrected chi connectivity index (χ4v) is 3.15. The van der Waals surface area contributed by atoms with Crippen LogP contribution in [0.5, 0.6) is 0 Å². The molecule has 0 spiro atoms. The van der Waals surface area contributed by atoms with Crippen molar-refractivity contribution in [3.8, 4) is 0 Å². The molecule has 0 bridgehead atoms. The first-order chi connectivity index (χ1) is 10.2. The Balaban J connectivity index is 1.80. The van der Waals surface area contributed by atoms with Gasteiger partial charge in [0, 0.05) is 4.47 Å². The molecule has 0 saturated carbocycles. The van der Waals surface area contributed by atoms with Crippen LogP contribution in [-0.4, -0.2) is 13.1 Å². The predicted molar refractivity (Wildman–Crippen MR) is 96.9 cm³/mol. The third kappa shape index (κ3) is 5.12. The van der Waals surface area contributed by atoms with Gasteiger partial charge in [0.05, 0.1) is 0 Å². The van der Waals surface area contributed by atoms with Gasteiger partial charge in [0.25, 0.3) is 0 Å². The Labute approximate surface area is 137 Å². The monoisotopic (exact) mass is 347 g/mol. The molecule has 2 heteroatoms. The molecular formula is C19H26BrN. The second-order valence-electron chi connectivity index (χ2n) is 6.16. The van der Waals surface area contributed by atoms with Crippen molar-refractivity contribution in [3.05, 3.63) is 46.4 Å². The largest absolute Gasteiger partial charge is 0.316 e. The summed E-state index contributed by atoms with van der Waals surface area (Å²) in [7, 11) is 0. The fourth-order valence-electron chi connectivity index (χ4n) is 2.68. The van der Waals surface area contributed by atoms with E-state index < -0.39 is 0 Å². The lowest BCUT2D eigenvalue weighted by Gasteiger charge is -2.09. The topological polar surface area (TPSA) is 12.0 Å². The standard InChI is InChI=1S/C19H26BrN/c1-15(2)14-21-13-7-3-4-8-16-11-12-19(20)18-10-6-5-9-17(16)18/h5-6,9-12,15,21H,3-4,7-8,13-14H2,1-2H3. The highest BCUT2D eigenvalue weighted by molar-refractivity contribution is 9.10. The number of benzene rings is 2. The van der Waals surface area contributed by atoms with Crippen LogP contribution in [0, 0.1) is 5.92 Å². The van der Waals surface area contributed by atoms with E-state index in [9.17, 15) is 0 Å². The van der Waals surface area contributed by atoms with Gasteiger partial charge in [-0.2, -0.15) is 0 Å². The second kappa shape index (κ2) is 8.55. The molecule has 1 nitrogen and oxygen atoms in total. The van der Waals surface area contributed by atoms with E-state index in [1.54, 1.807) is 0 Å². The molecule has 0 aliphatic carbocycles. The first kappa shape index (κ1) is 16.5. The smallest absolute Gasteiger partial charge is 0.0253 e. The molecule has 0 aliphatic heterocycles. The summed E-state index contributed by atoms with van der Waals surface area (Å²) < 4.78 is 1.19. The molecule has 21 heavy (non-hydrogen) atoms. The Morgan fingerprint density at radius 3 is 2.48 bits per heavy atom. The number of nitrogens with one attached hydrogen (secondary N) is 1. The average Bonchev–Trinajstić information content (AvgIpc) is 2.48. The molecule has 0 heterocycles. The van der Waals surface area contributed by atoms with E-state index in [4.69, 9.17) is 0 Å². The Kier molecular flexibility index (Phi) is 6.72. The van der Waals surface area contributed by atoms with Crippen molar-refractivity contribution in [1.29, 1.82) is 0 Å². The molecule has 0 fully saturated rings. The molecule has 0 radical (unpaired) electrons. The van der Waals surface area contributed by atoms with E-state index in [1.165, 1.54) is 46.5 Å². The third-order valence-electron chi connectivity index (χ3n) is 3.81. The number of fused-ring (bicyclic) bond motifs is 1. The maximum absolute atomic E-state index is 3.64. The van der Waals surface area contributed by atoms with Crippen LogP contribution in [0.25, 0.3) is 10.8 Å². The van der Waals surface area contributed by atoms with Crippen LogP contribution in [0.1, 0.15) is 38.7 Å². The summed E-state index contributed by atoms with van der Waals surface area (Å²) in [5, 5.41) is 6.24. The van der Waals surface area contributed by atoms with E-state index in [0.29, 0.717) is 0 Å². The van der Waals surface area contributed by atoms with Gasteiger partial charge in [0.1, 0.15) is 0 Å². The van der Waals surface area contributed by atoms with E-state index >= 15 is 0 Å². The van der Waals surface area contributed by atoms with Crippen molar-refractivity contribution < 1.29 is 0 Å². The zero-order valence-corrected chi connectivity index (χ0v) is 14.7. The van der Waals surface area contributed by atoms with Gasteiger partial charge in [-0.05, 0) is 60.7 Å². The van der Waals surface area contributed by atoms with Crippen LogP contribution >= 0.6 is 15.9 Å². The minimum Gasteiger partial charge on any atom is -0.316 e. The Bertz CT molecular complexity index is 562. The lowest BCUT2D eigenvalue weighted by atomic mass is 10.00. The summed E-state index contributed by atoms with van der Waals surface area (Å²) in [5.41, 5.74) is 1.48. The van der Waals surface area contributed by atoms with Gasteiger partial charge in [-0.1, -0.05) is 66.5 Å². The van der Waals surface area contributed by atoms with Crippen LogP contribution in [0.2, 0.25) is 0 Å². The second-order valence-corrected chi connectivity index (χ2v) is 7.02. The van der Waals surface area contributed by atoms with Crippen LogP contribution in [-0.2, 0) is 6.42 Å². The Morgan fingerprint density at radius 1 is 0.952 bits per heavy atom. The molecule has 1 N–H and O–H groups in total. The van der Waals surface area contributed by atoms with Gasteiger partial charge in [-0.15, -0.1) is 0 Å². The summed E-state index contributed by atoms with van der Waals surface area (Å²) in [6.07, 6.45) is 5.03. The summed E-state index contributed by atoms with van der Waals surface area (Å²) in [6, 6.07) is 13.1. The summed E-state index contributed by atoms with van der Waals surface area (Å²) in [6.45, 7) is 6.80. The number of aryl methyl sites for hydroxylation is 1. The molecule has 2 rings (SSSR count). The zero-order chi connectivity index (χ0) is 15.1. The molecule has 2 aromatic rings. The minimum atomic E-state index is 0.749. The third-order valence-corrected chi connectivity index (χ3v) is 4.50. The number of hydrogen-bond donors (Lipinski definition) is 1. The SMILES string of the molecule is CC(C)CNCCCCCc1ccc(Br)c2ccccc12. The summed E-state index contributed by atoms with van der Waals surface area (Å²) >= 11 is 3.64. The first-order valence-electron chi connectivity index (χ1n) is 8.05. The molecule has 114 valence electrons. The van der Waals surface area contributed by atoms with Crippen LogP contribution < -0.4 is 5.32 Å². The number of halogens is 1. The highest BCUT2D eigenvalue weighted by Crippen LogP contribution is 2.27. The highest BCUT2D eigenvalue weighted by Gasteiger charge is 2.03. The van der Waals surface area contributed by atoms with Crippen LogP contribution in [0.4, 0.5) is 0 Å². The first-order valence-corrected chi connectivity index (χ1v) is 8.84. The van der Waals surface area contributed by atoms with Gasteiger partial charge in [0.2, 0.25) is 0 Å².